The lowest BCUT2D eigenvalue weighted by molar-refractivity contribution is 0.240. The predicted octanol–water partition coefficient (Wildman–Crippen LogP) is 6.32. The summed E-state index contributed by atoms with van der Waals surface area (Å²) >= 11 is 0. The van der Waals surface area contributed by atoms with Gasteiger partial charge in [0.25, 0.3) is 0 Å². The Hall–Kier alpha value is -1.00. The van der Waals surface area contributed by atoms with Crippen molar-refractivity contribution in [1.82, 2.24) is 4.90 Å². The monoisotopic (exact) mass is 307 g/mol. The third-order valence-corrected chi connectivity index (χ3v) is 3.76. The van der Waals surface area contributed by atoms with E-state index in [9.17, 15) is 0 Å². The third-order valence-electron chi connectivity index (χ3n) is 3.76. The summed E-state index contributed by atoms with van der Waals surface area (Å²) < 4.78 is 0. The van der Waals surface area contributed by atoms with Gasteiger partial charge in [0.15, 0.2) is 0 Å². The molecule has 0 amide bonds. The van der Waals surface area contributed by atoms with E-state index >= 15 is 0 Å². The number of rotatable bonds is 7. The van der Waals surface area contributed by atoms with Crippen molar-refractivity contribution in [3.63, 3.8) is 0 Å². The molecule has 0 aromatic heterocycles. The molecule has 2 atom stereocenters. The zero-order valence-corrected chi connectivity index (χ0v) is 17.0. The Balaban J connectivity index is -0.000000826. The van der Waals surface area contributed by atoms with E-state index in [-0.39, 0.29) is 0 Å². The lowest BCUT2D eigenvalue weighted by Crippen LogP contribution is -2.35. The van der Waals surface area contributed by atoms with E-state index in [2.05, 4.69) is 64.6 Å². The van der Waals surface area contributed by atoms with Gasteiger partial charge in [-0.05, 0) is 50.8 Å². The molecular formula is C21H41N. The molecule has 0 N–H and O–H groups in total. The molecule has 0 radical (unpaired) electrons. The van der Waals surface area contributed by atoms with Crippen LogP contribution in [0.1, 0.15) is 75.2 Å². The van der Waals surface area contributed by atoms with Crippen LogP contribution in [0.5, 0.6) is 0 Å². The molecule has 130 valence electrons. The Morgan fingerprint density at radius 3 is 1.95 bits per heavy atom. The van der Waals surface area contributed by atoms with Gasteiger partial charge in [0.05, 0.1) is 6.54 Å². The van der Waals surface area contributed by atoms with Crippen LogP contribution in [0.3, 0.4) is 0 Å². The van der Waals surface area contributed by atoms with Crippen LogP contribution in [-0.4, -0.2) is 24.5 Å². The second-order valence-electron chi connectivity index (χ2n) is 4.88. The summed E-state index contributed by atoms with van der Waals surface area (Å²) in [4.78, 5) is 2.24. The second-order valence-corrected chi connectivity index (χ2v) is 4.88. The van der Waals surface area contributed by atoms with Crippen LogP contribution in [0.25, 0.3) is 0 Å². The molecule has 2 unspecified atom stereocenters. The molecule has 0 aromatic rings. The second kappa shape index (κ2) is 18.1. The normalized spacial score (nSPS) is 14.1. The van der Waals surface area contributed by atoms with Crippen LogP contribution in [0.2, 0.25) is 0 Å². The maximum absolute atomic E-state index is 5.39. The smallest absolute Gasteiger partial charge is 0.0598 e. The molecule has 0 saturated heterocycles. The minimum Gasteiger partial charge on any atom is -0.292 e. The molecule has 0 rings (SSSR count). The van der Waals surface area contributed by atoms with Crippen LogP contribution >= 0.6 is 0 Å². The van der Waals surface area contributed by atoms with Gasteiger partial charge in [-0.15, -0.1) is 6.42 Å². The van der Waals surface area contributed by atoms with Gasteiger partial charge in [0, 0.05) is 6.04 Å². The average molecular weight is 308 g/mol. The van der Waals surface area contributed by atoms with Gasteiger partial charge in [-0.25, -0.2) is 0 Å². The first-order valence-corrected chi connectivity index (χ1v) is 9.02. The van der Waals surface area contributed by atoms with Crippen molar-refractivity contribution in [3.05, 3.63) is 23.3 Å². The van der Waals surface area contributed by atoms with Gasteiger partial charge in [-0.2, -0.15) is 0 Å². The fourth-order valence-electron chi connectivity index (χ4n) is 2.38. The van der Waals surface area contributed by atoms with Gasteiger partial charge in [0.2, 0.25) is 0 Å². The van der Waals surface area contributed by atoms with Crippen LogP contribution in [0.4, 0.5) is 0 Å². The van der Waals surface area contributed by atoms with Crippen molar-refractivity contribution < 1.29 is 0 Å². The first-order chi connectivity index (χ1) is 10.5. The maximum atomic E-state index is 5.39. The summed E-state index contributed by atoms with van der Waals surface area (Å²) in [5.41, 5.74) is 2.95. The summed E-state index contributed by atoms with van der Waals surface area (Å²) in [5, 5.41) is 0. The molecule has 0 aliphatic rings. The van der Waals surface area contributed by atoms with Crippen molar-refractivity contribution in [2.45, 2.75) is 81.2 Å². The van der Waals surface area contributed by atoms with Crippen LogP contribution in [-0.2, 0) is 0 Å². The standard InChI is InChI=1S/C17H29N.2C2H6/c1-8-12-16(10-3)17(11-4)14(5)15(6)18(7)13-9-2;2*1-2/h2,11-12,14-15H,8,10,13H2,1,3-7H3;2*1-2H3/b16-12-,17-11-;;. The van der Waals surface area contributed by atoms with Crippen LogP contribution in [0.15, 0.2) is 23.3 Å². The molecule has 0 aliphatic heterocycles. The highest BCUT2D eigenvalue weighted by atomic mass is 15.1. The van der Waals surface area contributed by atoms with E-state index in [4.69, 9.17) is 6.42 Å². The molecule has 0 aromatic carbocycles. The lowest BCUT2D eigenvalue weighted by Gasteiger charge is -2.31. The van der Waals surface area contributed by atoms with Gasteiger partial charge in [-0.3, -0.25) is 4.90 Å². The van der Waals surface area contributed by atoms with E-state index in [0.717, 1.165) is 12.8 Å². The summed E-state index contributed by atoms with van der Waals surface area (Å²) in [5.74, 6) is 3.23. The number of hydrogen-bond acceptors (Lipinski definition) is 1. The van der Waals surface area contributed by atoms with E-state index in [0.29, 0.717) is 18.5 Å². The first kappa shape index (κ1) is 25.9. The molecule has 0 aliphatic carbocycles. The average Bonchev–Trinajstić information content (AvgIpc) is 2.57. The Labute approximate surface area is 141 Å². The summed E-state index contributed by atoms with van der Waals surface area (Å²) in [7, 11) is 2.10. The summed E-state index contributed by atoms with van der Waals surface area (Å²) in [6.07, 6.45) is 12.2. The van der Waals surface area contributed by atoms with Gasteiger partial charge >= 0.3 is 0 Å². The van der Waals surface area contributed by atoms with Crippen molar-refractivity contribution in [3.8, 4) is 12.3 Å². The summed E-state index contributed by atoms with van der Waals surface area (Å²) in [6, 6.07) is 0.457. The van der Waals surface area contributed by atoms with E-state index in [1.54, 1.807) is 0 Å². The highest BCUT2D eigenvalue weighted by Crippen LogP contribution is 2.27. The SMILES string of the molecule is C#CCN(C)C(C)C(C)C(=C/C)/C(=C\CC)CC.CC.CC. The number of terminal acetylenes is 1. The molecule has 0 fully saturated rings. The zero-order chi connectivity index (χ0) is 18.1. The summed E-state index contributed by atoms with van der Waals surface area (Å²) in [6.45, 7) is 19.8. The van der Waals surface area contributed by atoms with E-state index in [1.165, 1.54) is 11.1 Å². The molecule has 1 nitrogen and oxygen atoms in total. The quantitative estimate of drug-likeness (QED) is 0.393. The molecule has 0 bridgehead atoms. The highest BCUT2D eigenvalue weighted by molar-refractivity contribution is 5.33. The molecule has 22 heavy (non-hydrogen) atoms. The Kier molecular flexibility index (Phi) is 21.3. The molecule has 0 heterocycles. The lowest BCUT2D eigenvalue weighted by atomic mass is 9.86. The van der Waals surface area contributed by atoms with Crippen molar-refractivity contribution >= 4 is 0 Å². The van der Waals surface area contributed by atoms with Crippen molar-refractivity contribution in [2.75, 3.05) is 13.6 Å². The fraction of sp³-hybridized carbons (Fsp3) is 0.714. The van der Waals surface area contributed by atoms with Gasteiger partial charge < -0.3 is 0 Å². The number of hydrogen-bond donors (Lipinski definition) is 0. The predicted molar refractivity (Wildman–Crippen MR) is 105 cm³/mol. The molecule has 0 saturated carbocycles. The van der Waals surface area contributed by atoms with Crippen molar-refractivity contribution in [2.24, 2.45) is 5.92 Å². The minimum atomic E-state index is 0.457. The topological polar surface area (TPSA) is 3.24 Å². The van der Waals surface area contributed by atoms with E-state index in [1.807, 2.05) is 27.7 Å². The van der Waals surface area contributed by atoms with E-state index < -0.39 is 0 Å². The van der Waals surface area contributed by atoms with Gasteiger partial charge in [0.1, 0.15) is 0 Å². The van der Waals surface area contributed by atoms with Gasteiger partial charge in [-0.1, -0.05) is 66.5 Å². The zero-order valence-electron chi connectivity index (χ0n) is 17.0. The molecule has 1 heteroatoms. The minimum absolute atomic E-state index is 0.457. The Morgan fingerprint density at radius 2 is 1.64 bits per heavy atom. The molecule has 0 spiro atoms. The number of allylic oxidation sites excluding steroid dienone is 3. The third kappa shape index (κ3) is 9.85. The maximum Gasteiger partial charge on any atom is 0.0598 e. The van der Waals surface area contributed by atoms with Crippen LogP contribution < -0.4 is 0 Å². The fourth-order valence-corrected chi connectivity index (χ4v) is 2.38. The first-order valence-electron chi connectivity index (χ1n) is 9.02. The number of nitrogens with zero attached hydrogens (tertiary/aromatic N) is 1. The Morgan fingerprint density at radius 1 is 1.14 bits per heavy atom. The Bertz CT molecular complexity index is 330. The van der Waals surface area contributed by atoms with Crippen molar-refractivity contribution in [1.29, 1.82) is 0 Å². The highest BCUT2D eigenvalue weighted by Gasteiger charge is 2.21. The van der Waals surface area contributed by atoms with Crippen LogP contribution in [0, 0.1) is 18.3 Å². The molecular weight excluding hydrogens is 266 g/mol. The largest absolute Gasteiger partial charge is 0.292 e.